The fraction of sp³-hybridized carbons (Fsp3) is 0.150. The molecule has 0 atom stereocenters. The van der Waals surface area contributed by atoms with Crippen molar-refractivity contribution in [1.29, 1.82) is 5.26 Å². The van der Waals surface area contributed by atoms with Crippen LogP contribution < -0.4 is 10.7 Å². The van der Waals surface area contributed by atoms with Crippen LogP contribution in [0.1, 0.15) is 23.4 Å². The van der Waals surface area contributed by atoms with Crippen molar-refractivity contribution in [2.45, 2.75) is 6.42 Å². The minimum atomic E-state index is -0.218. The molecule has 0 saturated carbocycles. The second-order valence-electron chi connectivity index (χ2n) is 7.20. The third-order valence-corrected chi connectivity index (χ3v) is 4.80. The van der Waals surface area contributed by atoms with E-state index in [1.54, 1.807) is 32.7 Å². The number of fused-ring (bicyclic) bond motifs is 1. The molecular weight excluding hydrogens is 396 g/mol. The second-order valence-corrected chi connectivity index (χ2v) is 7.20. The Bertz CT molecular complexity index is 1370. The number of amidine groups is 1. The highest BCUT2D eigenvalue weighted by Gasteiger charge is 2.29. The highest BCUT2D eigenvalue weighted by atomic mass is 16.2. The number of carbonyl (C=O) groups is 1. The third kappa shape index (κ3) is 3.36. The maximum atomic E-state index is 11.8. The van der Waals surface area contributed by atoms with Gasteiger partial charge in [-0.3, -0.25) is 15.4 Å². The molecule has 2 aliphatic rings. The fourth-order valence-corrected chi connectivity index (χ4v) is 3.07. The van der Waals surface area contributed by atoms with E-state index in [1.807, 2.05) is 6.07 Å². The van der Waals surface area contributed by atoms with Gasteiger partial charge < -0.3 is 15.2 Å². The van der Waals surface area contributed by atoms with E-state index in [2.05, 4.69) is 46.8 Å². The number of nitrogens with zero attached hydrogens (tertiary/aromatic N) is 7. The average Bonchev–Trinajstić information content (AvgIpc) is 3.40. The van der Waals surface area contributed by atoms with Crippen LogP contribution in [-0.4, -0.2) is 56.5 Å². The van der Waals surface area contributed by atoms with Gasteiger partial charge in [0.15, 0.2) is 17.4 Å². The van der Waals surface area contributed by atoms with Crippen LogP contribution in [0.3, 0.4) is 0 Å². The molecular formula is C20H16N10O. The third-order valence-electron chi connectivity index (χ3n) is 4.80. The van der Waals surface area contributed by atoms with Gasteiger partial charge in [-0.1, -0.05) is 0 Å². The number of pyridine rings is 2. The van der Waals surface area contributed by atoms with Crippen LogP contribution in [0.25, 0.3) is 16.6 Å². The summed E-state index contributed by atoms with van der Waals surface area (Å²) in [6.45, 7) is 0. The smallest absolute Gasteiger partial charge is 0.321 e. The lowest BCUT2D eigenvalue weighted by molar-refractivity contribution is 0.230. The summed E-state index contributed by atoms with van der Waals surface area (Å²) in [6, 6.07) is 3.74. The summed E-state index contributed by atoms with van der Waals surface area (Å²) in [7, 11) is 3.35. The van der Waals surface area contributed by atoms with Crippen molar-refractivity contribution in [3.63, 3.8) is 0 Å². The van der Waals surface area contributed by atoms with Crippen molar-refractivity contribution in [2.24, 2.45) is 10.1 Å². The monoisotopic (exact) mass is 412 g/mol. The lowest BCUT2D eigenvalue weighted by Gasteiger charge is -2.15. The molecule has 3 aromatic rings. The number of amides is 2. The maximum Gasteiger partial charge on any atom is 0.321 e. The second kappa shape index (κ2) is 7.03. The van der Waals surface area contributed by atoms with Gasteiger partial charge in [0, 0.05) is 38.5 Å². The van der Waals surface area contributed by atoms with Gasteiger partial charge >= 0.3 is 6.03 Å². The van der Waals surface area contributed by atoms with Gasteiger partial charge in [-0.25, -0.2) is 14.8 Å². The molecule has 152 valence electrons. The number of hydrazone groups is 1. The standard InChI is InChI=1S/C20H16N10O/c1-30(2)20(31)24-12-3-10(6-22-8-12)13-4-14(13)25-19-17(28-29-19)18-26-15-9-23-7-11(5-21)16(15)27-18/h3,6-9H,4H2,1-2H3,(H,24,31)(H,25,29)(H,26,27). The van der Waals surface area contributed by atoms with E-state index in [9.17, 15) is 10.1 Å². The number of hydrogen-bond acceptors (Lipinski definition) is 7. The first-order valence-corrected chi connectivity index (χ1v) is 9.36. The molecule has 3 N–H and O–H groups in total. The van der Waals surface area contributed by atoms with Crippen molar-refractivity contribution in [3.05, 3.63) is 53.5 Å². The summed E-state index contributed by atoms with van der Waals surface area (Å²) in [5.74, 6) is 1.12. The van der Waals surface area contributed by atoms with E-state index in [-0.39, 0.29) is 6.03 Å². The van der Waals surface area contributed by atoms with Crippen LogP contribution in [0.2, 0.25) is 0 Å². The van der Waals surface area contributed by atoms with Gasteiger partial charge in [0.05, 0.1) is 34.9 Å². The lowest BCUT2D eigenvalue weighted by atomic mass is 10.2. The predicted molar refractivity (Wildman–Crippen MR) is 114 cm³/mol. The Morgan fingerprint density at radius 1 is 1.26 bits per heavy atom. The first kappa shape index (κ1) is 18.4. The van der Waals surface area contributed by atoms with E-state index in [0.29, 0.717) is 46.1 Å². The van der Waals surface area contributed by atoms with Gasteiger partial charge in [-0.15, -0.1) is 0 Å². The van der Waals surface area contributed by atoms with Crippen molar-refractivity contribution in [3.8, 4) is 6.07 Å². The van der Waals surface area contributed by atoms with Gasteiger partial charge in [0.2, 0.25) is 0 Å². The Labute approximate surface area is 176 Å². The number of aromatic amines is 1. The van der Waals surface area contributed by atoms with Crippen LogP contribution in [0.5, 0.6) is 0 Å². The Kier molecular flexibility index (Phi) is 4.18. The largest absolute Gasteiger partial charge is 0.335 e. The molecule has 5 rings (SSSR count). The van der Waals surface area contributed by atoms with E-state index in [0.717, 1.165) is 16.8 Å². The van der Waals surface area contributed by atoms with Gasteiger partial charge in [-0.05, 0) is 11.6 Å². The molecule has 11 heteroatoms. The Morgan fingerprint density at radius 2 is 2.10 bits per heavy atom. The highest BCUT2D eigenvalue weighted by Crippen LogP contribution is 2.41. The number of nitrogens with one attached hydrogen (secondary N) is 3. The number of aromatic nitrogens is 4. The number of aliphatic imine (C=N–C) groups is 1. The topological polar surface area (TPSA) is 147 Å². The van der Waals surface area contributed by atoms with Crippen LogP contribution >= 0.6 is 0 Å². The van der Waals surface area contributed by atoms with Crippen molar-refractivity contribution in [2.75, 3.05) is 19.4 Å². The first-order valence-electron chi connectivity index (χ1n) is 9.36. The fourth-order valence-electron chi connectivity index (χ4n) is 3.07. The lowest BCUT2D eigenvalue weighted by Crippen LogP contribution is -2.40. The molecule has 2 amide bonds. The molecule has 0 unspecified atom stereocenters. The number of urea groups is 1. The number of allylic oxidation sites excluding steroid dienone is 2. The van der Waals surface area contributed by atoms with Crippen LogP contribution in [0, 0.1) is 11.3 Å². The number of imidazole rings is 1. The van der Waals surface area contributed by atoms with Crippen molar-refractivity contribution in [1.82, 2.24) is 30.3 Å². The highest BCUT2D eigenvalue weighted by molar-refractivity contribution is 6.50. The van der Waals surface area contributed by atoms with Crippen molar-refractivity contribution >= 4 is 39.9 Å². The first-order chi connectivity index (χ1) is 15.0. The molecule has 3 aromatic heterocycles. The van der Waals surface area contributed by atoms with Gasteiger partial charge in [-0.2, -0.15) is 10.4 Å². The van der Waals surface area contributed by atoms with Crippen LogP contribution in [-0.2, 0) is 0 Å². The number of H-pyrrole nitrogens is 1. The quantitative estimate of drug-likeness (QED) is 0.596. The molecule has 0 radical (unpaired) electrons. The summed E-state index contributed by atoms with van der Waals surface area (Å²) >= 11 is 0. The minimum absolute atomic E-state index is 0.218. The molecule has 0 bridgehead atoms. The summed E-state index contributed by atoms with van der Waals surface area (Å²) in [4.78, 5) is 33.8. The summed E-state index contributed by atoms with van der Waals surface area (Å²) in [5, 5.41) is 16.2. The van der Waals surface area contributed by atoms with E-state index >= 15 is 0 Å². The number of carbonyl (C=O) groups excluding carboxylic acids is 1. The molecule has 0 saturated heterocycles. The molecule has 0 aromatic carbocycles. The minimum Gasteiger partial charge on any atom is -0.335 e. The Balaban J connectivity index is 1.37. The summed E-state index contributed by atoms with van der Waals surface area (Å²) in [6.07, 6.45) is 7.16. The molecule has 1 aliphatic heterocycles. The van der Waals surface area contributed by atoms with Gasteiger partial charge in [0.25, 0.3) is 0 Å². The van der Waals surface area contributed by atoms with Crippen LogP contribution in [0.15, 0.2) is 46.6 Å². The zero-order chi connectivity index (χ0) is 21.5. The number of hydrogen-bond donors (Lipinski definition) is 3. The Hall–Kier alpha value is -4.59. The zero-order valence-corrected chi connectivity index (χ0v) is 16.6. The van der Waals surface area contributed by atoms with Crippen LogP contribution in [0.4, 0.5) is 10.5 Å². The normalized spacial score (nSPS) is 15.8. The van der Waals surface area contributed by atoms with Crippen molar-refractivity contribution < 1.29 is 4.79 Å². The molecule has 0 fully saturated rings. The molecule has 1 aliphatic carbocycles. The van der Waals surface area contributed by atoms with E-state index < -0.39 is 0 Å². The maximum absolute atomic E-state index is 11.8. The molecule has 31 heavy (non-hydrogen) atoms. The van der Waals surface area contributed by atoms with E-state index in [4.69, 9.17) is 0 Å². The SMILES string of the molecule is CN(C)C(=O)Nc1cncc(C2=C(/N=C3/NN=C3c3nc4c(C#N)cncc4[nH]3)C2)c1. The number of nitriles is 1. The Morgan fingerprint density at radius 3 is 2.84 bits per heavy atom. The number of rotatable bonds is 4. The summed E-state index contributed by atoms with van der Waals surface area (Å²) in [5.41, 5.74) is 8.53. The predicted octanol–water partition coefficient (Wildman–Crippen LogP) is 1.84. The van der Waals surface area contributed by atoms with Gasteiger partial charge in [0.1, 0.15) is 11.6 Å². The summed E-state index contributed by atoms with van der Waals surface area (Å²) < 4.78 is 0. The molecule has 0 spiro atoms. The van der Waals surface area contributed by atoms with E-state index in [1.165, 1.54) is 11.1 Å². The number of anilines is 1. The molecule has 11 nitrogen and oxygen atoms in total. The zero-order valence-electron chi connectivity index (χ0n) is 16.6. The molecule has 4 heterocycles. The average molecular weight is 412 g/mol.